The summed E-state index contributed by atoms with van der Waals surface area (Å²) in [5, 5.41) is 2.39. The number of likely N-dealkylation sites (tertiary alicyclic amines) is 1. The number of aromatic hydroxyl groups is 1. The maximum Gasteiger partial charge on any atom is 0.293 e. The SMILES string of the molecule is [2H]Oc1c(C(=O)N([2H])C([2H])([2H])CCN2CCC([2H])([2H])CC2)c(=O)n(C([2H])(C)C([2H])([2H])[2H])c2sc(F)c([2H])c12. The molecule has 1 atom stereocenters. The lowest BCUT2D eigenvalue weighted by Gasteiger charge is -2.26. The van der Waals surface area contributed by atoms with Crippen LogP contribution >= 0.6 is 11.3 Å². The molecule has 1 amide bonds. The van der Waals surface area contributed by atoms with Gasteiger partial charge in [0.2, 0.25) is 0 Å². The van der Waals surface area contributed by atoms with Crippen LogP contribution in [0.25, 0.3) is 10.2 Å². The second-order valence-corrected chi connectivity index (χ2v) is 6.98. The van der Waals surface area contributed by atoms with Crippen molar-refractivity contribution in [1.29, 1.82) is 1.43 Å². The second-order valence-electron chi connectivity index (χ2n) is 6.03. The first-order valence-electron chi connectivity index (χ1n) is 13.7. The molecule has 3 heterocycles. The summed E-state index contributed by atoms with van der Waals surface area (Å²) in [6.45, 7) is -4.35. The van der Waals surface area contributed by atoms with Crippen LogP contribution in [0.2, 0.25) is 1.41 Å². The average molecular weight is 407 g/mol. The van der Waals surface area contributed by atoms with Crippen LogP contribution in [-0.2, 0) is 0 Å². The second kappa shape index (κ2) is 8.39. The molecule has 1 fully saturated rings. The zero-order valence-corrected chi connectivity index (χ0v) is 15.4. The van der Waals surface area contributed by atoms with Gasteiger partial charge in [-0.15, -0.1) is 0 Å². The molecule has 0 aromatic carbocycles. The summed E-state index contributed by atoms with van der Waals surface area (Å²) in [4.78, 5) is 28.0. The Morgan fingerprint density at radius 2 is 2.48 bits per heavy atom. The minimum atomic E-state index is -3.19. The van der Waals surface area contributed by atoms with E-state index in [0.717, 1.165) is 6.92 Å². The Kier molecular flexibility index (Phi) is 3.12. The Hall–Kier alpha value is -1.93. The van der Waals surface area contributed by atoms with Crippen LogP contribution in [-0.4, -0.2) is 48.0 Å². The monoisotopic (exact) mass is 406 g/mol. The lowest BCUT2D eigenvalue weighted by Crippen LogP contribution is -2.36. The third kappa shape index (κ3) is 4.16. The van der Waals surface area contributed by atoms with Crippen molar-refractivity contribution in [3.63, 3.8) is 0 Å². The summed E-state index contributed by atoms with van der Waals surface area (Å²) in [5.41, 5.74) is -2.71. The van der Waals surface area contributed by atoms with Crippen molar-refractivity contribution >= 4 is 27.5 Å². The van der Waals surface area contributed by atoms with E-state index in [1.165, 1.54) is 0 Å². The molecule has 1 saturated heterocycles. The molecule has 1 aliphatic rings. The summed E-state index contributed by atoms with van der Waals surface area (Å²) in [6, 6.07) is -3.71. The average Bonchev–Trinajstić information content (AvgIpc) is 3.09. The molecule has 0 bridgehead atoms. The van der Waals surface area contributed by atoms with E-state index >= 15 is 0 Å². The molecule has 2 N–H and O–H groups in total. The van der Waals surface area contributed by atoms with Crippen LogP contribution in [0.3, 0.4) is 0 Å². The third-order valence-corrected chi connectivity index (χ3v) is 5.04. The molecular formula is C19H26FN3O3S. The number of amides is 1. The van der Waals surface area contributed by atoms with E-state index in [-0.39, 0.29) is 40.6 Å². The molecule has 2 aromatic heterocycles. The van der Waals surface area contributed by atoms with E-state index in [0.29, 0.717) is 13.1 Å². The van der Waals surface area contributed by atoms with Crippen LogP contribution in [0.15, 0.2) is 10.8 Å². The Morgan fingerprint density at radius 3 is 3.19 bits per heavy atom. The van der Waals surface area contributed by atoms with Gasteiger partial charge in [0.1, 0.15) is 16.1 Å². The summed E-state index contributed by atoms with van der Waals surface area (Å²) in [5.74, 6) is -2.59. The van der Waals surface area contributed by atoms with Crippen molar-refractivity contribution in [3.05, 3.63) is 27.1 Å². The highest BCUT2D eigenvalue weighted by atomic mass is 32.1. The summed E-state index contributed by atoms with van der Waals surface area (Å²) in [6.07, 6.45) is -1.30. The van der Waals surface area contributed by atoms with Gasteiger partial charge in [0.15, 0.2) is 6.54 Å². The van der Waals surface area contributed by atoms with E-state index in [1.54, 1.807) is 4.90 Å². The van der Waals surface area contributed by atoms with Crippen LogP contribution < -0.4 is 10.9 Å². The van der Waals surface area contributed by atoms with Gasteiger partial charge in [-0.3, -0.25) is 14.2 Å². The number of fused-ring (bicyclic) bond motifs is 1. The zero-order valence-electron chi connectivity index (χ0n) is 25.6. The molecule has 0 spiro atoms. The van der Waals surface area contributed by atoms with Crippen molar-refractivity contribution < 1.29 is 28.0 Å². The Bertz CT molecular complexity index is 1280. The fourth-order valence-electron chi connectivity index (χ4n) is 2.87. The van der Waals surface area contributed by atoms with Crippen molar-refractivity contribution in [3.8, 4) is 5.75 Å². The fraction of sp³-hybridized carbons (Fsp3) is 0.579. The van der Waals surface area contributed by atoms with Crippen LogP contribution in [0.5, 0.6) is 5.75 Å². The van der Waals surface area contributed by atoms with Gasteiger partial charge in [0, 0.05) is 22.1 Å². The van der Waals surface area contributed by atoms with Gasteiger partial charge in [-0.2, -0.15) is 4.39 Å². The lowest BCUT2D eigenvalue weighted by molar-refractivity contribution is 0.0946. The van der Waals surface area contributed by atoms with Crippen LogP contribution in [0.1, 0.15) is 68.1 Å². The Morgan fingerprint density at radius 1 is 1.70 bits per heavy atom. The van der Waals surface area contributed by atoms with Gasteiger partial charge in [-0.1, -0.05) is 17.7 Å². The molecule has 1 aliphatic heterocycles. The molecule has 0 radical (unpaired) electrons. The number of aromatic nitrogens is 1. The highest BCUT2D eigenvalue weighted by molar-refractivity contribution is 7.17. The fourth-order valence-corrected chi connectivity index (χ4v) is 3.75. The predicted molar refractivity (Wildman–Crippen MR) is 105 cm³/mol. The number of hydrogen-bond acceptors (Lipinski definition) is 5. The van der Waals surface area contributed by atoms with Crippen molar-refractivity contribution in [2.24, 2.45) is 0 Å². The molecule has 1 unspecified atom stereocenters. The molecule has 3 rings (SSSR count). The number of halogens is 1. The topological polar surface area (TPSA) is 74.6 Å². The first-order valence-corrected chi connectivity index (χ1v) is 9.15. The van der Waals surface area contributed by atoms with E-state index in [1.807, 2.05) is 0 Å². The number of carbonyl (C=O) groups is 1. The van der Waals surface area contributed by atoms with Crippen molar-refractivity contribution in [2.45, 2.75) is 45.4 Å². The zero-order chi connectivity index (χ0) is 29.0. The number of nitrogens with zero attached hydrogens (tertiary/aromatic N) is 2. The summed E-state index contributed by atoms with van der Waals surface area (Å²) < 4.78 is 102. The number of carbonyl (C=O) groups excluding carboxylic acids is 1. The predicted octanol–water partition coefficient (Wildman–Crippen LogP) is 3.09. The quantitative estimate of drug-likeness (QED) is 0.741. The minimum absolute atomic E-state index is 0.0489. The standard InChI is InChI=1S/C19H26FN3O3S/c1-12(2)23-18(26)15(16(24)13-11-14(20)27-19(13)23)17(25)21-7-6-10-22-8-4-3-5-9-22/h11-12,24H,3-10H2,1-2H3,(H,21,25)/i1D3,3D2,7D2,11D,12D/hD2. The number of piperidine rings is 1. The Balaban J connectivity index is 2.08. The van der Waals surface area contributed by atoms with E-state index < -0.39 is 76.3 Å². The van der Waals surface area contributed by atoms with Gasteiger partial charge >= 0.3 is 0 Å². The van der Waals surface area contributed by atoms with Gasteiger partial charge in [0.25, 0.3) is 12.9 Å². The van der Waals surface area contributed by atoms with E-state index in [2.05, 4.69) is 5.11 Å². The number of nitrogens with one attached hydrogen (secondary N) is 1. The largest absolute Gasteiger partial charge is 0.506 e. The molecule has 27 heavy (non-hydrogen) atoms. The van der Waals surface area contributed by atoms with Gasteiger partial charge in [-0.25, -0.2) is 0 Å². The first kappa shape index (κ1) is 10.0. The maximum absolute atomic E-state index is 14.4. The van der Waals surface area contributed by atoms with Gasteiger partial charge < -0.3 is 15.3 Å². The van der Waals surface area contributed by atoms with Gasteiger partial charge in [-0.05, 0) is 58.7 Å². The maximum atomic E-state index is 14.4. The number of pyridine rings is 1. The molecule has 0 aliphatic carbocycles. The molecule has 8 heteroatoms. The smallest absolute Gasteiger partial charge is 0.293 e. The van der Waals surface area contributed by atoms with E-state index in [9.17, 15) is 14.0 Å². The molecule has 2 aromatic rings. The number of rotatable bonds is 7. The van der Waals surface area contributed by atoms with Crippen LogP contribution in [0.4, 0.5) is 4.39 Å². The summed E-state index contributed by atoms with van der Waals surface area (Å²) in [7, 11) is 0. The van der Waals surface area contributed by atoms with Crippen molar-refractivity contribution in [2.75, 3.05) is 26.1 Å². The molecule has 148 valence electrons. The van der Waals surface area contributed by atoms with Gasteiger partial charge in [0.05, 0.1) is 8.13 Å². The highest BCUT2D eigenvalue weighted by Gasteiger charge is 2.25. The highest BCUT2D eigenvalue weighted by Crippen LogP contribution is 2.33. The number of thiophene rings is 1. The normalized spacial score (nSPS) is 26.4. The van der Waals surface area contributed by atoms with E-state index in [4.69, 9.17) is 15.2 Å². The number of hydrogen-bond donors (Lipinski definition) is 2. The summed E-state index contributed by atoms with van der Waals surface area (Å²) >= 11 is 0.148. The molecular weight excluding hydrogens is 369 g/mol. The molecule has 6 nitrogen and oxygen atoms in total. The first-order chi connectivity index (χ1) is 17.3. The van der Waals surface area contributed by atoms with Crippen molar-refractivity contribution in [1.82, 2.24) is 14.8 Å². The van der Waals surface area contributed by atoms with Crippen LogP contribution in [0, 0.1) is 5.13 Å². The minimum Gasteiger partial charge on any atom is -0.506 e. The third-order valence-electron chi connectivity index (χ3n) is 4.18. The lowest BCUT2D eigenvalue weighted by atomic mass is 10.1. The Labute approximate surface area is 177 Å². The molecule has 0 saturated carbocycles.